The zero-order valence-electron chi connectivity index (χ0n) is 12.2. The van der Waals surface area contributed by atoms with Gasteiger partial charge in [-0.3, -0.25) is 0 Å². The second kappa shape index (κ2) is 6.07. The molecule has 2 nitrogen and oxygen atoms in total. The van der Waals surface area contributed by atoms with Crippen molar-refractivity contribution in [1.29, 1.82) is 0 Å². The summed E-state index contributed by atoms with van der Waals surface area (Å²) in [5.74, 6) is 1.58. The van der Waals surface area contributed by atoms with Gasteiger partial charge in [0.15, 0.2) is 0 Å². The quantitative estimate of drug-likeness (QED) is 0.849. The van der Waals surface area contributed by atoms with Gasteiger partial charge in [-0.15, -0.1) is 0 Å². The van der Waals surface area contributed by atoms with E-state index in [1.165, 1.54) is 16.7 Å². The van der Waals surface area contributed by atoms with Crippen LogP contribution in [0.1, 0.15) is 44.9 Å². The van der Waals surface area contributed by atoms with Crippen molar-refractivity contribution in [2.24, 2.45) is 0 Å². The second-order valence-corrected chi connectivity index (χ2v) is 5.57. The van der Waals surface area contributed by atoms with Gasteiger partial charge in [-0.25, -0.2) is 0 Å². The van der Waals surface area contributed by atoms with Crippen LogP contribution in [0.25, 0.3) is 11.1 Å². The molecule has 0 unspecified atom stereocenters. The highest BCUT2D eigenvalue weighted by Crippen LogP contribution is 2.26. The van der Waals surface area contributed by atoms with Crippen molar-refractivity contribution in [2.45, 2.75) is 46.2 Å². The number of rotatable bonds is 5. The van der Waals surface area contributed by atoms with Gasteiger partial charge in [0.2, 0.25) is 0 Å². The van der Waals surface area contributed by atoms with Crippen molar-refractivity contribution >= 4 is 0 Å². The third kappa shape index (κ3) is 3.48. The van der Waals surface area contributed by atoms with E-state index in [4.69, 9.17) is 4.42 Å². The normalized spacial score (nSPS) is 11.5. The molecule has 0 saturated carbocycles. The van der Waals surface area contributed by atoms with E-state index in [1.807, 2.05) is 6.07 Å². The maximum atomic E-state index is 5.58. The van der Waals surface area contributed by atoms with Crippen LogP contribution in [0.4, 0.5) is 0 Å². The molecule has 2 aromatic rings. The second-order valence-electron chi connectivity index (χ2n) is 5.57. The first kappa shape index (κ1) is 13.9. The lowest BCUT2D eigenvalue weighted by atomic mass is 9.99. The third-order valence-corrected chi connectivity index (χ3v) is 3.30. The summed E-state index contributed by atoms with van der Waals surface area (Å²) in [6.45, 7) is 9.47. The summed E-state index contributed by atoms with van der Waals surface area (Å²) in [6, 6.07) is 11.3. The molecular weight excluding hydrogens is 234 g/mol. The van der Waals surface area contributed by atoms with E-state index in [0.29, 0.717) is 12.0 Å². The van der Waals surface area contributed by atoms with Crippen LogP contribution in [0.3, 0.4) is 0 Å². The third-order valence-electron chi connectivity index (χ3n) is 3.30. The van der Waals surface area contributed by atoms with Crippen molar-refractivity contribution < 1.29 is 4.42 Å². The molecule has 0 fully saturated rings. The fourth-order valence-electron chi connectivity index (χ4n) is 2.08. The van der Waals surface area contributed by atoms with Gasteiger partial charge < -0.3 is 9.73 Å². The smallest absolute Gasteiger partial charge is 0.125 e. The first-order valence-corrected chi connectivity index (χ1v) is 6.98. The summed E-state index contributed by atoms with van der Waals surface area (Å²) in [4.78, 5) is 0. The first-order chi connectivity index (χ1) is 9.08. The van der Waals surface area contributed by atoms with Crippen LogP contribution in [-0.4, -0.2) is 6.04 Å². The molecule has 2 rings (SSSR count). The highest BCUT2D eigenvalue weighted by molar-refractivity contribution is 5.65. The average Bonchev–Trinajstić information content (AvgIpc) is 2.84. The fourth-order valence-corrected chi connectivity index (χ4v) is 2.08. The molecule has 0 spiro atoms. The van der Waals surface area contributed by atoms with E-state index < -0.39 is 0 Å². The van der Waals surface area contributed by atoms with Gasteiger partial charge in [0.25, 0.3) is 0 Å². The molecule has 19 heavy (non-hydrogen) atoms. The Balaban J connectivity index is 2.19. The van der Waals surface area contributed by atoms with Crippen LogP contribution >= 0.6 is 0 Å². The summed E-state index contributed by atoms with van der Waals surface area (Å²) < 4.78 is 5.58. The summed E-state index contributed by atoms with van der Waals surface area (Å²) in [7, 11) is 0. The Hall–Kier alpha value is -1.54. The SMILES string of the molecule is CC(C)NCc1occc1-c1ccc(C(C)C)cc1. The predicted octanol–water partition coefficient (Wildman–Crippen LogP) is 4.57. The number of furan rings is 1. The first-order valence-electron chi connectivity index (χ1n) is 6.98. The molecular formula is C17H23NO. The van der Waals surface area contributed by atoms with Crippen molar-refractivity contribution in [1.82, 2.24) is 5.32 Å². The van der Waals surface area contributed by atoms with E-state index in [9.17, 15) is 0 Å². The molecule has 0 aliphatic carbocycles. The molecule has 0 amide bonds. The van der Waals surface area contributed by atoms with Gasteiger partial charge in [0, 0.05) is 11.6 Å². The Bertz CT molecular complexity index is 508. The van der Waals surface area contributed by atoms with Gasteiger partial charge in [0.05, 0.1) is 12.8 Å². The number of hydrogen-bond donors (Lipinski definition) is 1. The molecule has 1 aromatic carbocycles. The minimum atomic E-state index is 0.460. The summed E-state index contributed by atoms with van der Waals surface area (Å²) >= 11 is 0. The van der Waals surface area contributed by atoms with Crippen molar-refractivity contribution in [2.75, 3.05) is 0 Å². The van der Waals surface area contributed by atoms with Crippen LogP contribution in [0, 0.1) is 0 Å². The maximum Gasteiger partial charge on any atom is 0.125 e. The Labute approximate surface area is 115 Å². The predicted molar refractivity (Wildman–Crippen MR) is 80.2 cm³/mol. The lowest BCUT2D eigenvalue weighted by Crippen LogP contribution is -2.21. The zero-order chi connectivity index (χ0) is 13.8. The van der Waals surface area contributed by atoms with Crippen LogP contribution in [0.5, 0.6) is 0 Å². The Morgan fingerprint density at radius 3 is 2.26 bits per heavy atom. The molecule has 1 aromatic heterocycles. The standard InChI is InChI=1S/C17H23NO/c1-12(2)14-5-7-15(8-6-14)16-9-10-19-17(16)11-18-13(3)4/h5-10,12-13,18H,11H2,1-4H3. The largest absolute Gasteiger partial charge is 0.467 e. The molecule has 0 saturated heterocycles. The van der Waals surface area contributed by atoms with Gasteiger partial charge in [-0.1, -0.05) is 52.0 Å². The summed E-state index contributed by atoms with van der Waals surface area (Å²) in [6.07, 6.45) is 1.77. The van der Waals surface area contributed by atoms with Crippen LogP contribution < -0.4 is 5.32 Å². The Kier molecular flexibility index (Phi) is 4.43. The van der Waals surface area contributed by atoms with Crippen LogP contribution in [0.2, 0.25) is 0 Å². The lowest BCUT2D eigenvalue weighted by Gasteiger charge is -2.09. The molecule has 0 atom stereocenters. The maximum absolute atomic E-state index is 5.58. The monoisotopic (exact) mass is 257 g/mol. The topological polar surface area (TPSA) is 25.2 Å². The van der Waals surface area contributed by atoms with Crippen LogP contribution in [0.15, 0.2) is 41.0 Å². The van der Waals surface area contributed by atoms with E-state index >= 15 is 0 Å². The molecule has 102 valence electrons. The molecule has 1 heterocycles. The van der Waals surface area contributed by atoms with Gasteiger partial charge >= 0.3 is 0 Å². The van der Waals surface area contributed by atoms with Crippen LogP contribution in [-0.2, 0) is 6.54 Å². The number of nitrogens with one attached hydrogen (secondary N) is 1. The molecule has 0 aliphatic heterocycles. The zero-order valence-corrected chi connectivity index (χ0v) is 12.2. The van der Waals surface area contributed by atoms with E-state index in [0.717, 1.165) is 12.3 Å². The lowest BCUT2D eigenvalue weighted by molar-refractivity contribution is 0.466. The molecule has 2 heteroatoms. The average molecular weight is 257 g/mol. The molecule has 0 radical (unpaired) electrons. The van der Waals surface area contributed by atoms with E-state index in [1.54, 1.807) is 6.26 Å². The number of hydrogen-bond acceptors (Lipinski definition) is 2. The van der Waals surface area contributed by atoms with Gasteiger partial charge in [-0.2, -0.15) is 0 Å². The highest BCUT2D eigenvalue weighted by atomic mass is 16.3. The minimum Gasteiger partial charge on any atom is -0.467 e. The van der Waals surface area contributed by atoms with Gasteiger partial charge in [0.1, 0.15) is 5.76 Å². The van der Waals surface area contributed by atoms with E-state index in [-0.39, 0.29) is 0 Å². The fraction of sp³-hybridized carbons (Fsp3) is 0.412. The Morgan fingerprint density at radius 2 is 1.68 bits per heavy atom. The molecule has 0 bridgehead atoms. The van der Waals surface area contributed by atoms with Gasteiger partial charge in [-0.05, 0) is 23.1 Å². The summed E-state index contributed by atoms with van der Waals surface area (Å²) in [5.41, 5.74) is 3.77. The molecule has 0 aliphatic rings. The van der Waals surface area contributed by atoms with E-state index in [2.05, 4.69) is 57.3 Å². The highest BCUT2D eigenvalue weighted by Gasteiger charge is 2.09. The van der Waals surface area contributed by atoms with Crippen molar-refractivity contribution in [3.8, 4) is 11.1 Å². The minimum absolute atomic E-state index is 0.460. The Morgan fingerprint density at radius 1 is 1.00 bits per heavy atom. The van der Waals surface area contributed by atoms with Crippen molar-refractivity contribution in [3.05, 3.63) is 47.9 Å². The summed E-state index contributed by atoms with van der Waals surface area (Å²) in [5, 5.41) is 3.39. The number of benzene rings is 1. The molecule has 1 N–H and O–H groups in total. The van der Waals surface area contributed by atoms with Crippen molar-refractivity contribution in [3.63, 3.8) is 0 Å².